The summed E-state index contributed by atoms with van der Waals surface area (Å²) in [4.78, 5) is 8.85. The van der Waals surface area contributed by atoms with Crippen LogP contribution in [0.25, 0.3) is 0 Å². The maximum Gasteiger partial charge on any atom is 0.477 e. The van der Waals surface area contributed by atoms with Crippen LogP contribution in [-0.2, 0) is 13.6 Å². The van der Waals surface area contributed by atoms with Crippen molar-refractivity contribution < 1.29 is 18.5 Å². The van der Waals surface area contributed by atoms with Gasteiger partial charge in [-0.3, -0.25) is 9.05 Å². The molecule has 0 spiro atoms. The van der Waals surface area contributed by atoms with E-state index in [2.05, 4.69) is 0 Å². The summed E-state index contributed by atoms with van der Waals surface area (Å²) in [5.41, 5.74) is -0.279. The van der Waals surface area contributed by atoms with Gasteiger partial charge in [0.2, 0.25) is 0 Å². The Hall–Kier alpha value is 0.110. The van der Waals surface area contributed by atoms with Crippen molar-refractivity contribution in [2.45, 2.75) is 39.9 Å². The van der Waals surface area contributed by atoms with Gasteiger partial charge in [-0.15, -0.1) is 0 Å². The summed E-state index contributed by atoms with van der Waals surface area (Å²) >= 11 is 0. The summed E-state index contributed by atoms with van der Waals surface area (Å²) in [6.45, 7) is 7.60. The summed E-state index contributed by atoms with van der Waals surface area (Å²) in [5, 5.41) is 0. The minimum Gasteiger partial charge on any atom is -0.302 e. The third kappa shape index (κ3) is 1.44. The van der Waals surface area contributed by atoms with Crippen LogP contribution < -0.4 is 0 Å². The Kier molecular flexibility index (Phi) is 2.16. The van der Waals surface area contributed by atoms with E-state index < -0.39 is 13.6 Å². The van der Waals surface area contributed by atoms with Crippen LogP contribution in [0.1, 0.15) is 34.1 Å². The Morgan fingerprint density at radius 1 is 1.42 bits per heavy atom. The molecule has 0 aliphatic carbocycles. The first-order chi connectivity index (χ1) is 5.22. The van der Waals surface area contributed by atoms with Crippen LogP contribution in [0.2, 0.25) is 0 Å². The minimum absolute atomic E-state index is 0.279. The fourth-order valence-corrected chi connectivity index (χ4v) is 2.88. The van der Waals surface area contributed by atoms with E-state index in [1.807, 2.05) is 27.7 Å². The van der Waals surface area contributed by atoms with Gasteiger partial charge in [0.15, 0.2) is 5.79 Å². The third-order valence-electron chi connectivity index (χ3n) is 2.13. The molecule has 0 atom stereocenters. The fraction of sp³-hybridized carbons (Fsp3) is 1.00. The molecule has 1 aliphatic heterocycles. The number of hydrogen-bond acceptors (Lipinski definition) is 3. The second-order valence-electron chi connectivity index (χ2n) is 4.01. The minimum atomic E-state index is -3.70. The molecule has 12 heavy (non-hydrogen) atoms. The predicted molar refractivity (Wildman–Crippen MR) is 44.5 cm³/mol. The molecule has 0 bridgehead atoms. The third-order valence-corrected chi connectivity index (χ3v) is 3.19. The van der Waals surface area contributed by atoms with E-state index in [0.29, 0.717) is 6.42 Å². The maximum atomic E-state index is 10.8. The fourth-order valence-electron chi connectivity index (χ4n) is 1.31. The quantitative estimate of drug-likeness (QED) is 0.650. The molecule has 0 aromatic rings. The zero-order valence-corrected chi connectivity index (χ0v) is 8.72. The first-order valence-electron chi connectivity index (χ1n) is 3.97. The summed E-state index contributed by atoms with van der Waals surface area (Å²) in [6.07, 6.45) is 0.570. The van der Waals surface area contributed by atoms with Crippen LogP contribution in [0.3, 0.4) is 0 Å². The van der Waals surface area contributed by atoms with E-state index in [-0.39, 0.29) is 5.41 Å². The Bertz CT molecular complexity index is 220. The van der Waals surface area contributed by atoms with Gasteiger partial charge in [-0.2, -0.15) is 0 Å². The van der Waals surface area contributed by atoms with Crippen molar-refractivity contribution in [2.75, 3.05) is 0 Å². The van der Waals surface area contributed by atoms with Crippen LogP contribution in [0.5, 0.6) is 0 Å². The topological polar surface area (TPSA) is 55.8 Å². The molecule has 0 radical (unpaired) electrons. The molecule has 1 rings (SSSR count). The van der Waals surface area contributed by atoms with Crippen LogP contribution in [0, 0.1) is 5.41 Å². The van der Waals surface area contributed by atoms with Gasteiger partial charge in [0.1, 0.15) is 0 Å². The lowest BCUT2D eigenvalue weighted by molar-refractivity contribution is -0.272. The van der Waals surface area contributed by atoms with E-state index in [1.54, 1.807) is 0 Å². The van der Waals surface area contributed by atoms with E-state index in [0.717, 1.165) is 0 Å². The Balaban J connectivity index is 2.79. The SMILES string of the molecule is CCC1(C(C)(C)C)OP(=O)(O)O1. The van der Waals surface area contributed by atoms with Gasteiger partial charge in [0, 0.05) is 11.8 Å². The molecule has 0 amide bonds. The normalized spacial score (nSPS) is 42.4. The molecule has 4 nitrogen and oxygen atoms in total. The van der Waals surface area contributed by atoms with E-state index in [4.69, 9.17) is 13.9 Å². The lowest BCUT2D eigenvalue weighted by Gasteiger charge is -2.50. The lowest BCUT2D eigenvalue weighted by atomic mass is 9.84. The zero-order valence-electron chi connectivity index (χ0n) is 7.83. The van der Waals surface area contributed by atoms with E-state index in [1.165, 1.54) is 0 Å². The molecule has 1 fully saturated rings. The largest absolute Gasteiger partial charge is 0.477 e. The molecule has 1 aliphatic rings. The highest BCUT2D eigenvalue weighted by molar-refractivity contribution is 7.48. The highest BCUT2D eigenvalue weighted by atomic mass is 31.2. The monoisotopic (exact) mass is 194 g/mol. The number of rotatable bonds is 1. The Labute approximate surface area is 72.5 Å². The van der Waals surface area contributed by atoms with Gasteiger partial charge in [0.05, 0.1) is 0 Å². The summed E-state index contributed by atoms with van der Waals surface area (Å²) < 4.78 is 20.6. The van der Waals surface area contributed by atoms with Gasteiger partial charge in [0.25, 0.3) is 0 Å². The second kappa shape index (κ2) is 2.55. The van der Waals surface area contributed by atoms with Crippen LogP contribution in [-0.4, -0.2) is 10.7 Å². The van der Waals surface area contributed by atoms with Crippen molar-refractivity contribution in [3.63, 3.8) is 0 Å². The Morgan fingerprint density at radius 3 is 1.92 bits per heavy atom. The second-order valence-corrected chi connectivity index (χ2v) is 5.31. The van der Waals surface area contributed by atoms with Gasteiger partial charge in [-0.05, 0) is 0 Å². The van der Waals surface area contributed by atoms with Crippen molar-refractivity contribution >= 4 is 7.82 Å². The van der Waals surface area contributed by atoms with E-state index >= 15 is 0 Å². The maximum absolute atomic E-state index is 10.8. The number of phosphoric ester groups is 1. The van der Waals surface area contributed by atoms with Crippen molar-refractivity contribution in [2.24, 2.45) is 5.41 Å². The molecule has 1 saturated heterocycles. The van der Waals surface area contributed by atoms with Gasteiger partial charge < -0.3 is 4.89 Å². The van der Waals surface area contributed by atoms with Gasteiger partial charge in [-0.25, -0.2) is 4.57 Å². The van der Waals surface area contributed by atoms with Crippen LogP contribution in [0.4, 0.5) is 0 Å². The first-order valence-corrected chi connectivity index (χ1v) is 5.46. The van der Waals surface area contributed by atoms with Crippen LogP contribution in [0.15, 0.2) is 0 Å². The summed E-state index contributed by atoms with van der Waals surface area (Å²) in [7, 11) is -3.70. The number of hydrogen-bond donors (Lipinski definition) is 1. The molecule has 0 aromatic carbocycles. The summed E-state index contributed by atoms with van der Waals surface area (Å²) in [5.74, 6) is -0.878. The molecule has 0 unspecified atom stereocenters. The van der Waals surface area contributed by atoms with Crippen molar-refractivity contribution in [3.05, 3.63) is 0 Å². The van der Waals surface area contributed by atoms with Crippen molar-refractivity contribution in [1.82, 2.24) is 0 Å². The predicted octanol–water partition coefficient (Wildman–Crippen LogP) is 2.29. The average Bonchev–Trinajstić information content (AvgIpc) is 1.78. The standard InChI is InChI=1S/C7H15O4P/c1-5-7(6(2,3)4)10-12(8,9)11-7/h5H2,1-4H3,(H,8,9). The number of phosphoric acid groups is 1. The molecule has 0 saturated carbocycles. The molecule has 1 heterocycles. The van der Waals surface area contributed by atoms with Gasteiger partial charge in [-0.1, -0.05) is 27.7 Å². The molecule has 1 N–H and O–H groups in total. The highest BCUT2D eigenvalue weighted by Gasteiger charge is 2.60. The molecular weight excluding hydrogens is 179 g/mol. The molecule has 0 aromatic heterocycles. The molecular formula is C7H15O4P. The smallest absolute Gasteiger partial charge is 0.302 e. The Morgan fingerprint density at radius 2 is 1.83 bits per heavy atom. The zero-order chi connectivity index (χ0) is 9.62. The van der Waals surface area contributed by atoms with Crippen molar-refractivity contribution in [3.8, 4) is 0 Å². The first kappa shape index (κ1) is 10.2. The van der Waals surface area contributed by atoms with Crippen LogP contribution >= 0.6 is 7.82 Å². The average molecular weight is 194 g/mol. The molecule has 72 valence electrons. The van der Waals surface area contributed by atoms with E-state index in [9.17, 15) is 4.57 Å². The lowest BCUT2D eigenvalue weighted by Crippen LogP contribution is -2.52. The highest BCUT2D eigenvalue weighted by Crippen LogP contribution is 2.67. The molecule has 5 heteroatoms. The van der Waals surface area contributed by atoms with Crippen molar-refractivity contribution in [1.29, 1.82) is 0 Å². The summed E-state index contributed by atoms with van der Waals surface area (Å²) in [6, 6.07) is 0. The van der Waals surface area contributed by atoms with Gasteiger partial charge >= 0.3 is 7.82 Å².